The molecule has 1 aliphatic heterocycles. The number of halogens is 2. The van der Waals surface area contributed by atoms with Gasteiger partial charge in [-0.15, -0.1) is 0 Å². The molecule has 18 heavy (non-hydrogen) atoms. The zero-order chi connectivity index (χ0) is 11.1. The molecule has 0 atom stereocenters. The third-order valence-electron chi connectivity index (χ3n) is 2.50. The van der Waals surface area contributed by atoms with Crippen molar-refractivity contribution in [1.82, 2.24) is 0 Å². The molecule has 0 saturated carbocycles. The second-order valence-corrected chi connectivity index (χ2v) is 4.88. The molecule has 0 radical (unpaired) electrons. The van der Waals surface area contributed by atoms with Crippen molar-refractivity contribution in [2.45, 2.75) is 32.4 Å². The van der Waals surface area contributed by atoms with Crippen LogP contribution in [0.3, 0.4) is 0 Å². The quantitative estimate of drug-likeness (QED) is 0.377. The van der Waals surface area contributed by atoms with E-state index in [1.807, 2.05) is 36.4 Å². The molecule has 2 rings (SSSR count). The molecule has 0 aromatic heterocycles. The summed E-state index contributed by atoms with van der Waals surface area (Å²) in [4.78, 5) is 0. The molecule has 1 aliphatic rings. The van der Waals surface area contributed by atoms with E-state index in [0.717, 1.165) is 6.32 Å². The van der Waals surface area contributed by atoms with Crippen molar-refractivity contribution in [3.8, 4) is 0 Å². The van der Waals surface area contributed by atoms with E-state index in [4.69, 9.17) is 0 Å². The van der Waals surface area contributed by atoms with Gasteiger partial charge in [0, 0.05) is 0 Å². The molecule has 1 heterocycles. The molecule has 1 aromatic rings. The fourth-order valence-corrected chi connectivity index (χ4v) is 1.45. The first kappa shape index (κ1) is 23.5. The van der Waals surface area contributed by atoms with E-state index >= 15 is 0 Å². The van der Waals surface area contributed by atoms with Crippen LogP contribution in [0.1, 0.15) is 20.8 Å². The van der Waals surface area contributed by atoms with Gasteiger partial charge in [0.25, 0.3) is 0 Å². The summed E-state index contributed by atoms with van der Waals surface area (Å²) in [6.45, 7) is 7.39. The smallest absolute Gasteiger partial charge is 1.00 e. The molecule has 0 nitrogen and oxygen atoms in total. The Kier molecular flexibility index (Phi) is 16.1. The molecular formula is C14H19BCl2Zr. The van der Waals surface area contributed by atoms with Crippen LogP contribution >= 0.6 is 0 Å². The van der Waals surface area contributed by atoms with Crippen LogP contribution in [-0.2, 0) is 26.2 Å². The van der Waals surface area contributed by atoms with E-state index < -0.39 is 0 Å². The van der Waals surface area contributed by atoms with Crippen LogP contribution in [0.25, 0.3) is 0 Å². The van der Waals surface area contributed by atoms with Crippen molar-refractivity contribution in [2.75, 3.05) is 0 Å². The zero-order valence-electron chi connectivity index (χ0n) is 11.2. The Morgan fingerprint density at radius 3 is 1.89 bits per heavy atom. The number of hydrogen-bond acceptors (Lipinski definition) is 0. The van der Waals surface area contributed by atoms with Gasteiger partial charge in [0.1, 0.15) is 0 Å². The van der Waals surface area contributed by atoms with Gasteiger partial charge in [-0.05, 0) is 0 Å². The van der Waals surface area contributed by atoms with E-state index in [2.05, 4.69) is 38.9 Å². The number of rotatable bonds is 0. The average Bonchev–Trinajstić information content (AvgIpc) is 2.76. The van der Waals surface area contributed by atoms with Crippen molar-refractivity contribution in [1.29, 1.82) is 0 Å². The molecule has 0 fully saturated rings. The van der Waals surface area contributed by atoms with E-state index in [1.54, 1.807) is 0 Å². The van der Waals surface area contributed by atoms with Crippen LogP contribution in [0.4, 0.5) is 0 Å². The van der Waals surface area contributed by atoms with Crippen molar-refractivity contribution < 1.29 is 51.0 Å². The van der Waals surface area contributed by atoms with Crippen LogP contribution < -0.4 is 24.8 Å². The Hall–Kier alpha value is 0.358. The molecule has 1 aromatic carbocycles. The second-order valence-electron chi connectivity index (χ2n) is 4.88. The summed E-state index contributed by atoms with van der Waals surface area (Å²) >= 11 is 0. The van der Waals surface area contributed by atoms with Gasteiger partial charge in [-0.1, -0.05) is 32.4 Å². The third-order valence-corrected chi connectivity index (χ3v) is 2.50. The minimum Gasteiger partial charge on any atom is -1.00 e. The summed E-state index contributed by atoms with van der Waals surface area (Å²) in [7, 11) is 0. The largest absolute Gasteiger partial charge is 4.00 e. The maximum Gasteiger partial charge on any atom is 4.00 e. The van der Waals surface area contributed by atoms with Crippen LogP contribution in [-0.4, -0.2) is 6.71 Å². The van der Waals surface area contributed by atoms with Crippen molar-refractivity contribution in [3.05, 3.63) is 54.5 Å². The van der Waals surface area contributed by atoms with Gasteiger partial charge in [0.2, 0.25) is 0 Å². The monoisotopic (exact) mass is 358 g/mol. The fourth-order valence-electron chi connectivity index (χ4n) is 1.45. The predicted molar refractivity (Wildman–Crippen MR) is 69.3 cm³/mol. The average molecular weight is 360 g/mol. The molecule has 0 amide bonds. The fraction of sp³-hybridized carbons (Fsp3) is 0.357. The Morgan fingerprint density at radius 2 is 1.67 bits per heavy atom. The van der Waals surface area contributed by atoms with Gasteiger partial charge in [-0.3, -0.25) is 0 Å². The van der Waals surface area contributed by atoms with Gasteiger partial charge in [-0.2, -0.15) is 24.3 Å². The maximum absolute atomic E-state index is 3.35. The second kappa shape index (κ2) is 12.4. The topological polar surface area (TPSA) is 0 Å². The summed E-state index contributed by atoms with van der Waals surface area (Å²) in [5.74, 6) is 3.35. The van der Waals surface area contributed by atoms with E-state index in [-0.39, 0.29) is 51.0 Å². The van der Waals surface area contributed by atoms with Crippen LogP contribution in [0.5, 0.6) is 0 Å². The summed E-state index contributed by atoms with van der Waals surface area (Å²) < 4.78 is 0. The standard InChI is InChI=1S/C9H14B.C5H5.2ClH.Zr/c1-9(2,3)10-7-5-4-6-8-10;1-2-4-5-3-1;;;/h4-6H,7H2,1-3H3;1-5H;2*1H;/q2*-1;;;+4/p-2. The van der Waals surface area contributed by atoms with Crippen LogP contribution in [0.15, 0.2) is 48.6 Å². The summed E-state index contributed by atoms with van der Waals surface area (Å²) in [6.07, 6.45) is 7.47. The maximum atomic E-state index is 3.35. The van der Waals surface area contributed by atoms with Gasteiger partial charge >= 0.3 is 26.2 Å². The van der Waals surface area contributed by atoms with Crippen LogP contribution in [0.2, 0.25) is 11.6 Å². The Morgan fingerprint density at radius 1 is 1.11 bits per heavy atom. The molecule has 0 unspecified atom stereocenters. The molecule has 4 heteroatoms. The normalized spacial score (nSPS) is 12.3. The number of allylic oxidation sites excluding steroid dienone is 3. The van der Waals surface area contributed by atoms with Crippen LogP contribution in [0, 0.1) is 5.98 Å². The third kappa shape index (κ3) is 10.3. The molecule has 0 aliphatic carbocycles. The molecule has 0 bridgehead atoms. The summed E-state index contributed by atoms with van der Waals surface area (Å²) in [5.41, 5.74) is 0. The Labute approximate surface area is 144 Å². The molecule has 0 N–H and O–H groups in total. The molecular weight excluding hydrogens is 341 g/mol. The van der Waals surface area contributed by atoms with E-state index in [0.29, 0.717) is 12.0 Å². The van der Waals surface area contributed by atoms with Crippen molar-refractivity contribution >= 4 is 6.71 Å². The number of hydrogen-bond donors (Lipinski definition) is 0. The van der Waals surface area contributed by atoms with Gasteiger partial charge < -0.3 is 30.8 Å². The van der Waals surface area contributed by atoms with E-state index in [1.165, 1.54) is 0 Å². The Bertz CT molecular complexity index is 296. The first-order valence-corrected chi connectivity index (χ1v) is 5.52. The van der Waals surface area contributed by atoms with Gasteiger partial charge in [0.05, 0.1) is 6.71 Å². The molecule has 96 valence electrons. The first-order valence-electron chi connectivity index (χ1n) is 5.52. The summed E-state index contributed by atoms with van der Waals surface area (Å²) in [6, 6.07) is 10.0. The Balaban J connectivity index is -0.000000245. The minimum absolute atomic E-state index is 0. The van der Waals surface area contributed by atoms with Gasteiger partial charge in [-0.25, -0.2) is 24.3 Å². The minimum atomic E-state index is 0. The summed E-state index contributed by atoms with van der Waals surface area (Å²) in [5, 5.41) is 0.376. The molecule has 0 spiro atoms. The van der Waals surface area contributed by atoms with Crippen molar-refractivity contribution in [2.24, 2.45) is 0 Å². The van der Waals surface area contributed by atoms with Crippen molar-refractivity contribution in [3.63, 3.8) is 0 Å². The zero-order valence-corrected chi connectivity index (χ0v) is 15.1. The first-order chi connectivity index (χ1) is 7.11. The SMILES string of the molecule is CC(C)(C)B1[C-]=CC=CC1.[Cl-].[Cl-].[Zr+4].c1cc[cH-]c1. The van der Waals surface area contributed by atoms with Gasteiger partial charge in [0.15, 0.2) is 0 Å². The van der Waals surface area contributed by atoms with E-state index in [9.17, 15) is 0 Å². The predicted octanol–water partition coefficient (Wildman–Crippen LogP) is -1.84. The molecule has 0 saturated heterocycles.